The summed E-state index contributed by atoms with van der Waals surface area (Å²) in [5.74, 6) is -0.140. The lowest BCUT2D eigenvalue weighted by Crippen LogP contribution is -2.30. The molecule has 0 heterocycles. The van der Waals surface area contributed by atoms with E-state index in [4.69, 9.17) is 5.73 Å². The fourth-order valence-electron chi connectivity index (χ4n) is 3.23. The first kappa shape index (κ1) is 13.5. The number of benzene rings is 1. The van der Waals surface area contributed by atoms with E-state index in [1.807, 2.05) is 0 Å². The molecule has 0 amide bonds. The van der Waals surface area contributed by atoms with Gasteiger partial charge in [-0.1, -0.05) is 32.6 Å². The topological polar surface area (TPSA) is 26.0 Å². The first-order valence-corrected chi connectivity index (χ1v) is 6.83. The fraction of sp³-hybridized carbons (Fsp3) is 0.600. The molecule has 1 saturated carbocycles. The molecule has 0 spiro atoms. The van der Waals surface area contributed by atoms with Crippen molar-refractivity contribution in [3.8, 4) is 0 Å². The second kappa shape index (κ2) is 5.79. The van der Waals surface area contributed by atoms with Crippen LogP contribution in [-0.2, 0) is 0 Å². The predicted molar refractivity (Wildman–Crippen MR) is 69.0 cm³/mol. The van der Waals surface area contributed by atoms with E-state index >= 15 is 0 Å². The van der Waals surface area contributed by atoms with Crippen LogP contribution in [0.2, 0.25) is 0 Å². The summed E-state index contributed by atoms with van der Waals surface area (Å²) in [5.41, 5.74) is 6.84. The first-order valence-electron chi connectivity index (χ1n) is 6.83. The summed E-state index contributed by atoms with van der Waals surface area (Å²) < 4.78 is 26.5. The number of hydrogen-bond acceptors (Lipinski definition) is 1. The fourth-order valence-corrected chi connectivity index (χ4v) is 3.23. The zero-order chi connectivity index (χ0) is 13.1. The molecule has 100 valence electrons. The Morgan fingerprint density at radius 1 is 1.17 bits per heavy atom. The molecule has 3 heteroatoms. The minimum absolute atomic E-state index is 0.250. The van der Waals surface area contributed by atoms with Gasteiger partial charge in [0, 0.05) is 12.1 Å². The highest BCUT2D eigenvalue weighted by Crippen LogP contribution is 2.39. The van der Waals surface area contributed by atoms with Crippen LogP contribution in [0.5, 0.6) is 0 Å². The van der Waals surface area contributed by atoms with E-state index in [-0.39, 0.29) is 6.04 Å². The van der Waals surface area contributed by atoms with Gasteiger partial charge in [-0.3, -0.25) is 0 Å². The van der Waals surface area contributed by atoms with Gasteiger partial charge < -0.3 is 5.73 Å². The molecule has 0 radical (unpaired) electrons. The van der Waals surface area contributed by atoms with E-state index in [2.05, 4.69) is 6.92 Å². The Bertz CT molecular complexity index is 385. The summed E-state index contributed by atoms with van der Waals surface area (Å²) in [7, 11) is 0. The molecule has 0 saturated heterocycles. The molecule has 1 nitrogen and oxygen atoms in total. The molecule has 2 rings (SSSR count). The molecule has 1 aliphatic rings. The van der Waals surface area contributed by atoms with Gasteiger partial charge in [0.05, 0.1) is 0 Å². The summed E-state index contributed by atoms with van der Waals surface area (Å²) in [6, 6.07) is 3.39. The maximum Gasteiger partial charge on any atom is 0.126 e. The maximum atomic E-state index is 13.2. The second-order valence-corrected chi connectivity index (χ2v) is 5.35. The Kier molecular flexibility index (Phi) is 4.33. The van der Waals surface area contributed by atoms with Crippen molar-refractivity contribution in [2.45, 2.75) is 45.1 Å². The average Bonchev–Trinajstić information content (AvgIpc) is 2.36. The van der Waals surface area contributed by atoms with Gasteiger partial charge in [0.1, 0.15) is 11.6 Å². The third-order valence-corrected chi connectivity index (χ3v) is 4.22. The van der Waals surface area contributed by atoms with E-state index in [1.165, 1.54) is 31.4 Å². The van der Waals surface area contributed by atoms with Crippen molar-refractivity contribution in [3.63, 3.8) is 0 Å². The quantitative estimate of drug-likeness (QED) is 0.859. The standard InChI is InChI=1S/C15H21F2N/c1-2-10-5-3-4-6-14(10)15(18)11-7-12(16)9-13(17)8-11/h7-10,14-15H,2-6,18H2,1H3. The third-order valence-electron chi connectivity index (χ3n) is 4.22. The van der Waals surface area contributed by atoms with Gasteiger partial charge in [0.25, 0.3) is 0 Å². The Labute approximate surface area is 107 Å². The lowest BCUT2D eigenvalue weighted by molar-refractivity contribution is 0.196. The van der Waals surface area contributed by atoms with Crippen molar-refractivity contribution in [2.24, 2.45) is 17.6 Å². The van der Waals surface area contributed by atoms with Crippen LogP contribution in [0.4, 0.5) is 8.78 Å². The minimum atomic E-state index is -0.538. The number of rotatable bonds is 3. The van der Waals surface area contributed by atoms with Crippen molar-refractivity contribution in [3.05, 3.63) is 35.4 Å². The largest absolute Gasteiger partial charge is 0.324 e. The summed E-state index contributed by atoms with van der Waals surface area (Å²) in [4.78, 5) is 0. The molecule has 3 unspecified atom stereocenters. The second-order valence-electron chi connectivity index (χ2n) is 5.35. The molecule has 0 aromatic heterocycles. The van der Waals surface area contributed by atoms with Crippen LogP contribution >= 0.6 is 0 Å². The van der Waals surface area contributed by atoms with Crippen LogP contribution in [0, 0.1) is 23.5 Å². The van der Waals surface area contributed by atoms with Gasteiger partial charge in [-0.05, 0) is 36.0 Å². The van der Waals surface area contributed by atoms with E-state index in [0.717, 1.165) is 18.9 Å². The molecule has 0 aliphatic heterocycles. The van der Waals surface area contributed by atoms with Crippen LogP contribution in [-0.4, -0.2) is 0 Å². The number of halogens is 2. The molecular weight excluding hydrogens is 232 g/mol. The van der Waals surface area contributed by atoms with Crippen molar-refractivity contribution in [2.75, 3.05) is 0 Å². The Balaban J connectivity index is 2.20. The zero-order valence-electron chi connectivity index (χ0n) is 10.8. The molecule has 2 N–H and O–H groups in total. The van der Waals surface area contributed by atoms with Gasteiger partial charge in [0.2, 0.25) is 0 Å². The van der Waals surface area contributed by atoms with Crippen molar-refractivity contribution >= 4 is 0 Å². The van der Waals surface area contributed by atoms with Crippen molar-refractivity contribution in [1.29, 1.82) is 0 Å². The monoisotopic (exact) mass is 253 g/mol. The lowest BCUT2D eigenvalue weighted by Gasteiger charge is -2.35. The van der Waals surface area contributed by atoms with Crippen LogP contribution in [0.25, 0.3) is 0 Å². The molecule has 3 atom stereocenters. The molecule has 18 heavy (non-hydrogen) atoms. The zero-order valence-corrected chi connectivity index (χ0v) is 10.8. The highest BCUT2D eigenvalue weighted by atomic mass is 19.1. The Hall–Kier alpha value is -0.960. The number of nitrogens with two attached hydrogens (primary N) is 1. The van der Waals surface area contributed by atoms with Gasteiger partial charge in [-0.15, -0.1) is 0 Å². The highest BCUT2D eigenvalue weighted by molar-refractivity contribution is 5.22. The highest BCUT2D eigenvalue weighted by Gasteiger charge is 2.29. The van der Waals surface area contributed by atoms with Crippen LogP contribution in [0.3, 0.4) is 0 Å². The summed E-state index contributed by atoms with van der Waals surface area (Å²) in [6.45, 7) is 2.17. The smallest absolute Gasteiger partial charge is 0.126 e. The molecule has 1 aromatic carbocycles. The van der Waals surface area contributed by atoms with Gasteiger partial charge in [-0.2, -0.15) is 0 Å². The summed E-state index contributed by atoms with van der Waals surface area (Å²) >= 11 is 0. The van der Waals surface area contributed by atoms with E-state index < -0.39 is 11.6 Å². The summed E-state index contributed by atoms with van der Waals surface area (Å²) in [5, 5.41) is 0. The molecule has 1 aliphatic carbocycles. The van der Waals surface area contributed by atoms with Gasteiger partial charge in [0.15, 0.2) is 0 Å². The third kappa shape index (κ3) is 2.89. The lowest BCUT2D eigenvalue weighted by atomic mass is 9.72. The molecular formula is C15H21F2N. The maximum absolute atomic E-state index is 13.2. The van der Waals surface area contributed by atoms with E-state index in [1.54, 1.807) is 0 Å². The predicted octanol–water partition coefficient (Wildman–Crippen LogP) is 4.18. The average molecular weight is 253 g/mol. The van der Waals surface area contributed by atoms with Crippen LogP contribution in [0.1, 0.15) is 50.6 Å². The van der Waals surface area contributed by atoms with E-state index in [0.29, 0.717) is 17.4 Å². The minimum Gasteiger partial charge on any atom is -0.324 e. The summed E-state index contributed by atoms with van der Waals surface area (Å²) in [6.07, 6.45) is 5.77. The molecule has 0 bridgehead atoms. The SMILES string of the molecule is CCC1CCCCC1C(N)c1cc(F)cc(F)c1. The van der Waals surface area contributed by atoms with Crippen LogP contribution in [0.15, 0.2) is 18.2 Å². The van der Waals surface area contributed by atoms with Gasteiger partial charge in [-0.25, -0.2) is 8.78 Å². The van der Waals surface area contributed by atoms with E-state index in [9.17, 15) is 8.78 Å². The van der Waals surface area contributed by atoms with Crippen molar-refractivity contribution in [1.82, 2.24) is 0 Å². The van der Waals surface area contributed by atoms with Gasteiger partial charge >= 0.3 is 0 Å². The first-order chi connectivity index (χ1) is 8.61. The normalized spacial score (nSPS) is 26.0. The van der Waals surface area contributed by atoms with Crippen LogP contribution < -0.4 is 5.73 Å². The van der Waals surface area contributed by atoms with Crippen molar-refractivity contribution < 1.29 is 8.78 Å². The number of hydrogen-bond donors (Lipinski definition) is 1. The molecule has 1 fully saturated rings. The Morgan fingerprint density at radius 2 is 1.78 bits per heavy atom. The Morgan fingerprint density at radius 3 is 2.39 bits per heavy atom. The molecule has 1 aromatic rings.